The van der Waals surface area contributed by atoms with E-state index in [4.69, 9.17) is 18.7 Å². The van der Waals surface area contributed by atoms with Crippen molar-refractivity contribution in [2.45, 2.75) is 39.7 Å². The summed E-state index contributed by atoms with van der Waals surface area (Å²) in [6, 6.07) is 0. The summed E-state index contributed by atoms with van der Waals surface area (Å²) in [4.78, 5) is 36.7. The first-order valence-electron chi connectivity index (χ1n) is 7.44. The Balaban J connectivity index is 3.42. The third kappa shape index (κ3) is 4.03. The van der Waals surface area contributed by atoms with Crippen LogP contribution in [0.25, 0.3) is 0 Å². The van der Waals surface area contributed by atoms with Gasteiger partial charge >= 0.3 is 11.9 Å². The van der Waals surface area contributed by atoms with Gasteiger partial charge in [0, 0.05) is 13.3 Å². The normalized spacial score (nSPS) is 10.9. The highest BCUT2D eigenvalue weighted by molar-refractivity contribution is 6.08. The zero-order valence-corrected chi connectivity index (χ0v) is 14.4. The summed E-state index contributed by atoms with van der Waals surface area (Å²) in [6.45, 7) is 6.02. The lowest BCUT2D eigenvalue weighted by Gasteiger charge is -2.29. The SMILES string of the molecule is CCOC(=O)C(Cc1c(OC)noc1C)(NC(C)=O)C(=O)OCC. The molecular formula is C15H22N2O7. The molecule has 1 aromatic heterocycles. The molecule has 1 N–H and O–H groups in total. The van der Waals surface area contributed by atoms with Crippen LogP contribution in [-0.2, 0) is 30.3 Å². The minimum absolute atomic E-state index is 0.0271. The molecule has 0 saturated carbocycles. The second kappa shape index (κ2) is 8.32. The van der Waals surface area contributed by atoms with Crippen molar-refractivity contribution in [3.8, 4) is 5.88 Å². The minimum Gasteiger partial charge on any atom is -0.479 e. The molecule has 1 aromatic rings. The minimum atomic E-state index is -2.05. The molecule has 0 fully saturated rings. The Morgan fingerprint density at radius 2 is 1.71 bits per heavy atom. The van der Waals surface area contributed by atoms with E-state index in [0.29, 0.717) is 11.3 Å². The van der Waals surface area contributed by atoms with Crippen molar-refractivity contribution >= 4 is 17.8 Å². The molecule has 1 amide bonds. The van der Waals surface area contributed by atoms with Crippen LogP contribution in [0.15, 0.2) is 4.52 Å². The largest absolute Gasteiger partial charge is 0.479 e. The molecule has 0 aliphatic heterocycles. The average molecular weight is 342 g/mol. The molecule has 0 unspecified atom stereocenters. The van der Waals surface area contributed by atoms with Gasteiger partial charge in [-0.15, -0.1) is 0 Å². The van der Waals surface area contributed by atoms with Gasteiger partial charge in [-0.2, -0.15) is 0 Å². The third-order valence-electron chi connectivity index (χ3n) is 3.22. The van der Waals surface area contributed by atoms with Crippen LogP contribution in [0.4, 0.5) is 0 Å². The molecule has 24 heavy (non-hydrogen) atoms. The number of carbonyl (C=O) groups is 3. The summed E-state index contributed by atoms with van der Waals surface area (Å²) < 4.78 is 20.1. The quantitative estimate of drug-likeness (QED) is 0.537. The number of rotatable bonds is 8. The van der Waals surface area contributed by atoms with Gasteiger partial charge in [-0.1, -0.05) is 0 Å². The first-order chi connectivity index (χ1) is 11.3. The summed E-state index contributed by atoms with van der Waals surface area (Å²) in [5.41, 5.74) is -1.70. The number of methoxy groups -OCH3 is 1. The number of aryl methyl sites for hydroxylation is 1. The monoisotopic (exact) mass is 342 g/mol. The number of hydrogen-bond donors (Lipinski definition) is 1. The fraction of sp³-hybridized carbons (Fsp3) is 0.600. The molecule has 9 nitrogen and oxygen atoms in total. The highest BCUT2D eigenvalue weighted by Crippen LogP contribution is 2.27. The Hall–Kier alpha value is -2.58. The lowest BCUT2D eigenvalue weighted by Crippen LogP contribution is -2.62. The van der Waals surface area contributed by atoms with Gasteiger partial charge in [0.2, 0.25) is 11.4 Å². The van der Waals surface area contributed by atoms with Crippen LogP contribution in [0.5, 0.6) is 5.88 Å². The van der Waals surface area contributed by atoms with Crippen LogP contribution >= 0.6 is 0 Å². The number of nitrogens with zero attached hydrogens (tertiary/aromatic N) is 1. The zero-order chi connectivity index (χ0) is 18.3. The number of hydrogen-bond acceptors (Lipinski definition) is 8. The van der Waals surface area contributed by atoms with Crippen LogP contribution in [0.1, 0.15) is 32.1 Å². The standard InChI is InChI=1S/C15H22N2O7/c1-6-22-13(19)15(16-10(4)18,14(20)23-7-2)8-11-9(3)24-17-12(11)21-5/h6-8H2,1-5H3,(H,16,18). The first-order valence-corrected chi connectivity index (χ1v) is 7.44. The van der Waals surface area contributed by atoms with Crippen LogP contribution in [0, 0.1) is 6.92 Å². The van der Waals surface area contributed by atoms with E-state index < -0.39 is 23.4 Å². The molecule has 1 heterocycles. The second-order valence-corrected chi connectivity index (χ2v) is 4.93. The maximum absolute atomic E-state index is 12.5. The van der Waals surface area contributed by atoms with Crippen LogP contribution < -0.4 is 10.1 Å². The van der Waals surface area contributed by atoms with Crippen molar-refractivity contribution in [3.05, 3.63) is 11.3 Å². The maximum Gasteiger partial charge on any atom is 0.344 e. The second-order valence-electron chi connectivity index (χ2n) is 4.93. The predicted octanol–water partition coefficient (Wildman–Crippen LogP) is 0.535. The number of amides is 1. The van der Waals surface area contributed by atoms with Crippen LogP contribution in [0.3, 0.4) is 0 Å². The van der Waals surface area contributed by atoms with Gasteiger partial charge in [-0.3, -0.25) is 4.79 Å². The maximum atomic E-state index is 12.5. The molecular weight excluding hydrogens is 320 g/mol. The van der Waals surface area contributed by atoms with Crippen molar-refractivity contribution in [1.82, 2.24) is 10.5 Å². The van der Waals surface area contributed by atoms with Gasteiger partial charge < -0.3 is 24.1 Å². The highest BCUT2D eigenvalue weighted by Gasteiger charge is 2.51. The molecule has 0 spiro atoms. The van der Waals surface area contributed by atoms with Gasteiger partial charge in [0.15, 0.2) is 0 Å². The van der Waals surface area contributed by atoms with Gasteiger partial charge in [0.05, 0.1) is 25.9 Å². The Labute approximate surface area is 139 Å². The topological polar surface area (TPSA) is 117 Å². The van der Waals surface area contributed by atoms with E-state index in [1.165, 1.54) is 14.0 Å². The molecule has 9 heteroatoms. The van der Waals surface area contributed by atoms with Crippen molar-refractivity contribution in [1.29, 1.82) is 0 Å². The zero-order valence-electron chi connectivity index (χ0n) is 14.4. The van der Waals surface area contributed by atoms with E-state index in [1.54, 1.807) is 20.8 Å². The smallest absolute Gasteiger partial charge is 0.344 e. The molecule has 1 rings (SSSR count). The Bertz CT molecular complexity index is 591. The molecule has 0 aromatic carbocycles. The Morgan fingerprint density at radius 1 is 1.17 bits per heavy atom. The third-order valence-corrected chi connectivity index (χ3v) is 3.22. The molecule has 134 valence electrons. The van der Waals surface area contributed by atoms with Crippen molar-refractivity contribution in [2.75, 3.05) is 20.3 Å². The van der Waals surface area contributed by atoms with E-state index >= 15 is 0 Å². The summed E-state index contributed by atoms with van der Waals surface area (Å²) in [7, 11) is 1.37. The first kappa shape index (κ1) is 19.5. The Morgan fingerprint density at radius 3 is 2.12 bits per heavy atom. The fourth-order valence-corrected chi connectivity index (χ4v) is 2.18. The van der Waals surface area contributed by atoms with E-state index in [2.05, 4.69) is 10.5 Å². The number of aromatic nitrogens is 1. The fourth-order valence-electron chi connectivity index (χ4n) is 2.18. The van der Waals surface area contributed by atoms with Crippen LogP contribution in [0.2, 0.25) is 0 Å². The van der Waals surface area contributed by atoms with E-state index in [9.17, 15) is 14.4 Å². The van der Waals surface area contributed by atoms with E-state index in [0.717, 1.165) is 0 Å². The number of carbonyl (C=O) groups excluding carboxylic acids is 3. The number of nitrogens with one attached hydrogen (secondary N) is 1. The number of esters is 2. The molecule has 0 aliphatic carbocycles. The van der Waals surface area contributed by atoms with E-state index in [1.807, 2.05) is 0 Å². The van der Waals surface area contributed by atoms with Crippen molar-refractivity contribution in [3.63, 3.8) is 0 Å². The summed E-state index contributed by atoms with van der Waals surface area (Å²) in [5.74, 6) is -2.00. The van der Waals surface area contributed by atoms with E-state index in [-0.39, 0.29) is 25.5 Å². The lowest BCUT2D eigenvalue weighted by molar-refractivity contribution is -0.168. The molecule has 0 saturated heterocycles. The van der Waals surface area contributed by atoms with Gasteiger partial charge in [0.25, 0.3) is 5.88 Å². The van der Waals surface area contributed by atoms with Crippen molar-refractivity contribution < 1.29 is 33.1 Å². The molecule has 0 bridgehead atoms. The van der Waals surface area contributed by atoms with Crippen molar-refractivity contribution in [2.24, 2.45) is 0 Å². The summed E-state index contributed by atoms with van der Waals surface area (Å²) in [6.07, 6.45) is -0.275. The van der Waals surface area contributed by atoms with Gasteiger partial charge in [-0.25, -0.2) is 9.59 Å². The number of ether oxygens (including phenoxy) is 3. The Kier molecular flexibility index (Phi) is 6.75. The average Bonchev–Trinajstić information content (AvgIpc) is 2.86. The molecule has 0 radical (unpaired) electrons. The van der Waals surface area contributed by atoms with Gasteiger partial charge in [-0.05, 0) is 25.9 Å². The lowest BCUT2D eigenvalue weighted by atomic mass is 9.90. The summed E-state index contributed by atoms with van der Waals surface area (Å²) in [5, 5.41) is 6.06. The van der Waals surface area contributed by atoms with Gasteiger partial charge in [0.1, 0.15) is 5.76 Å². The molecule has 0 atom stereocenters. The summed E-state index contributed by atoms with van der Waals surface area (Å²) >= 11 is 0. The molecule has 0 aliphatic rings. The predicted molar refractivity (Wildman–Crippen MR) is 81.3 cm³/mol. The van der Waals surface area contributed by atoms with Crippen LogP contribution in [-0.4, -0.2) is 48.9 Å². The highest BCUT2D eigenvalue weighted by atomic mass is 16.6.